The lowest BCUT2D eigenvalue weighted by molar-refractivity contribution is -0.0286. The Morgan fingerprint density at radius 2 is 1.97 bits per heavy atom. The van der Waals surface area contributed by atoms with E-state index in [1.807, 2.05) is 27.7 Å². The predicted molar refractivity (Wildman–Crippen MR) is 136 cm³/mol. The van der Waals surface area contributed by atoms with Crippen molar-refractivity contribution in [2.75, 3.05) is 13.2 Å². The summed E-state index contributed by atoms with van der Waals surface area (Å²) in [5.41, 5.74) is 5.41. The minimum atomic E-state index is -0.213. The minimum Gasteiger partial charge on any atom is -0.393 e. The summed E-state index contributed by atoms with van der Waals surface area (Å²) in [5.74, 6) is 0.771. The third-order valence-electron chi connectivity index (χ3n) is 7.16. The molecule has 9 nitrogen and oxygen atoms in total. The van der Waals surface area contributed by atoms with Crippen molar-refractivity contribution in [2.45, 2.75) is 63.6 Å². The molecule has 2 fully saturated rings. The number of pyridine rings is 1. The van der Waals surface area contributed by atoms with Crippen LogP contribution in [-0.4, -0.2) is 56.5 Å². The van der Waals surface area contributed by atoms with Gasteiger partial charge in [0, 0.05) is 47.0 Å². The normalized spacial score (nSPS) is 22.0. The molecule has 5 rings (SSSR count). The van der Waals surface area contributed by atoms with Crippen molar-refractivity contribution in [3.63, 3.8) is 0 Å². The number of aliphatic hydroxyl groups excluding tert-OH is 1. The first-order valence-electron chi connectivity index (χ1n) is 12.3. The van der Waals surface area contributed by atoms with Gasteiger partial charge in [0.2, 0.25) is 5.96 Å². The second kappa shape index (κ2) is 10.1. The zero-order valence-corrected chi connectivity index (χ0v) is 20.3. The minimum absolute atomic E-state index is 0.00575. The lowest BCUT2D eigenvalue weighted by Crippen LogP contribution is -2.30. The van der Waals surface area contributed by atoms with Crippen LogP contribution < -0.4 is 5.32 Å². The molecule has 1 aliphatic carbocycles. The first kappa shape index (κ1) is 23.4. The van der Waals surface area contributed by atoms with Crippen molar-refractivity contribution in [3.05, 3.63) is 59.9 Å². The van der Waals surface area contributed by atoms with E-state index >= 15 is 0 Å². The van der Waals surface area contributed by atoms with Crippen LogP contribution >= 0.6 is 0 Å². The molecule has 1 saturated heterocycles. The Bertz CT molecular complexity index is 1190. The number of ether oxygens (including phenoxy) is 1. The number of aliphatic imine (C=N–C) groups is 1. The third-order valence-corrected chi connectivity index (χ3v) is 7.16. The second-order valence-corrected chi connectivity index (χ2v) is 9.51. The summed E-state index contributed by atoms with van der Waals surface area (Å²) in [6.07, 6.45) is 10.8. The molecule has 0 amide bonds. The van der Waals surface area contributed by atoms with Crippen molar-refractivity contribution < 1.29 is 9.84 Å². The van der Waals surface area contributed by atoms with Crippen molar-refractivity contribution >= 4 is 12.7 Å². The van der Waals surface area contributed by atoms with Crippen molar-refractivity contribution in [2.24, 2.45) is 10.1 Å². The van der Waals surface area contributed by atoms with Crippen LogP contribution in [0.3, 0.4) is 0 Å². The van der Waals surface area contributed by atoms with Crippen LogP contribution in [0.15, 0.2) is 53.1 Å². The van der Waals surface area contributed by atoms with Gasteiger partial charge in [-0.1, -0.05) is 0 Å². The van der Waals surface area contributed by atoms with Gasteiger partial charge < -0.3 is 15.2 Å². The number of aliphatic hydroxyl groups is 1. The van der Waals surface area contributed by atoms with Crippen LogP contribution in [0.4, 0.5) is 0 Å². The molecule has 35 heavy (non-hydrogen) atoms. The highest BCUT2D eigenvalue weighted by atomic mass is 16.5. The summed E-state index contributed by atoms with van der Waals surface area (Å²) in [7, 11) is 0. The second-order valence-electron chi connectivity index (χ2n) is 9.51. The van der Waals surface area contributed by atoms with Crippen molar-refractivity contribution in [1.82, 2.24) is 24.8 Å². The first-order chi connectivity index (χ1) is 17.0. The Kier molecular flexibility index (Phi) is 6.79. The Morgan fingerprint density at radius 1 is 1.23 bits per heavy atom. The van der Waals surface area contributed by atoms with Crippen LogP contribution in [0.1, 0.15) is 67.6 Å². The molecule has 1 atom stereocenters. The molecule has 2 aliphatic rings. The van der Waals surface area contributed by atoms with Gasteiger partial charge in [-0.15, -0.1) is 5.10 Å². The van der Waals surface area contributed by atoms with Crippen molar-refractivity contribution in [3.8, 4) is 11.1 Å². The predicted octanol–water partition coefficient (Wildman–Crippen LogP) is 3.82. The summed E-state index contributed by atoms with van der Waals surface area (Å²) in [4.78, 5) is 8.30. The molecule has 4 heterocycles. The van der Waals surface area contributed by atoms with Gasteiger partial charge in [-0.05, 0) is 70.0 Å². The Balaban J connectivity index is 1.49. The van der Waals surface area contributed by atoms with Crippen molar-refractivity contribution in [1.29, 1.82) is 0 Å². The lowest BCUT2D eigenvalue weighted by Gasteiger charge is -2.26. The summed E-state index contributed by atoms with van der Waals surface area (Å²) >= 11 is 0. The Hall–Kier alpha value is -3.30. The Labute approximate surface area is 205 Å². The third kappa shape index (κ3) is 4.92. The number of nitrogens with zero attached hydrogens (tertiary/aromatic N) is 6. The van der Waals surface area contributed by atoms with Crippen LogP contribution in [-0.2, 0) is 4.74 Å². The average molecular weight is 476 g/mol. The smallest absolute Gasteiger partial charge is 0.240 e. The number of hydrogen-bond acceptors (Lipinski definition) is 5. The van der Waals surface area contributed by atoms with Crippen LogP contribution in [0.25, 0.3) is 11.1 Å². The summed E-state index contributed by atoms with van der Waals surface area (Å²) < 4.78 is 9.32. The van der Waals surface area contributed by atoms with Gasteiger partial charge in [0.1, 0.15) is 0 Å². The maximum atomic E-state index is 10.1. The molecule has 0 aromatic carbocycles. The van der Waals surface area contributed by atoms with Crippen LogP contribution in [0, 0.1) is 6.92 Å². The SMILES string of the molecule is C=N/C(=N\n1c(C)c(-c2cnn(C3COC3)c2)cc1[C@H]1CC[C@H](O)CC1)N[C@@H](C)c1ccncc1. The highest BCUT2D eigenvalue weighted by molar-refractivity contribution is 5.84. The van der Waals surface area contributed by atoms with Crippen LogP contribution in [0.5, 0.6) is 0 Å². The van der Waals surface area contributed by atoms with Gasteiger partial charge in [-0.2, -0.15) is 5.10 Å². The van der Waals surface area contributed by atoms with Gasteiger partial charge in [-0.25, -0.2) is 9.67 Å². The van der Waals surface area contributed by atoms with E-state index in [4.69, 9.17) is 9.84 Å². The number of aromatic nitrogens is 4. The van der Waals surface area contributed by atoms with E-state index in [1.54, 1.807) is 12.4 Å². The number of rotatable bonds is 6. The zero-order valence-electron chi connectivity index (χ0n) is 20.3. The molecular weight excluding hydrogens is 442 g/mol. The van der Waals surface area contributed by atoms with Gasteiger partial charge >= 0.3 is 0 Å². The molecule has 0 radical (unpaired) electrons. The van der Waals surface area contributed by atoms with Crippen LogP contribution in [0.2, 0.25) is 0 Å². The number of nitrogens with one attached hydrogen (secondary N) is 1. The van der Waals surface area contributed by atoms with E-state index in [1.165, 1.54) is 0 Å². The first-order valence-corrected chi connectivity index (χ1v) is 12.3. The molecule has 0 unspecified atom stereocenters. The highest BCUT2D eigenvalue weighted by Gasteiger charge is 2.27. The molecule has 3 aromatic rings. The summed E-state index contributed by atoms with van der Waals surface area (Å²) in [6.45, 7) is 9.31. The van der Waals surface area contributed by atoms with Gasteiger partial charge in [0.15, 0.2) is 0 Å². The summed E-state index contributed by atoms with van der Waals surface area (Å²) in [6, 6.07) is 6.47. The quantitative estimate of drug-likeness (QED) is 0.417. The molecule has 0 bridgehead atoms. The fourth-order valence-electron chi connectivity index (χ4n) is 4.89. The molecule has 1 aliphatic heterocycles. The molecule has 3 aromatic heterocycles. The van der Waals surface area contributed by atoms with E-state index < -0.39 is 0 Å². The molecule has 1 saturated carbocycles. The van der Waals surface area contributed by atoms with E-state index in [9.17, 15) is 5.11 Å². The standard InChI is InChI=1S/C26H33N7O2/c1-17(19-8-10-28-11-9-19)30-26(27-3)31-33-18(2)24(12-25(33)20-4-6-23(34)7-5-20)21-13-29-32(14-21)22-15-35-16-22/h8-14,17,20,22-23,34H,3-7,15-16H2,1-2H3,(H,30,31)/t17-,20-,23-/m0/s1. The lowest BCUT2D eigenvalue weighted by atomic mass is 9.85. The average Bonchev–Trinajstić information content (AvgIpc) is 3.43. The van der Waals surface area contributed by atoms with E-state index in [0.29, 0.717) is 31.1 Å². The molecular formula is C26H33N7O2. The zero-order chi connectivity index (χ0) is 24.4. The van der Waals surface area contributed by atoms with E-state index in [-0.39, 0.29) is 12.1 Å². The molecule has 0 spiro atoms. The van der Waals surface area contributed by atoms with Gasteiger partial charge in [0.25, 0.3) is 0 Å². The number of guanidine groups is 1. The Morgan fingerprint density at radius 3 is 2.63 bits per heavy atom. The molecule has 2 N–H and O–H groups in total. The summed E-state index contributed by atoms with van der Waals surface area (Å²) in [5, 5.41) is 22.9. The fourth-order valence-corrected chi connectivity index (χ4v) is 4.89. The highest BCUT2D eigenvalue weighted by Crippen LogP contribution is 2.38. The molecule has 9 heteroatoms. The monoisotopic (exact) mass is 475 g/mol. The maximum Gasteiger partial charge on any atom is 0.240 e. The topological polar surface area (TPSA) is 102 Å². The maximum absolute atomic E-state index is 10.1. The largest absolute Gasteiger partial charge is 0.393 e. The van der Waals surface area contributed by atoms with Gasteiger partial charge in [-0.3, -0.25) is 9.67 Å². The molecule has 184 valence electrons. The van der Waals surface area contributed by atoms with E-state index in [2.05, 4.69) is 53.2 Å². The van der Waals surface area contributed by atoms with Gasteiger partial charge in [0.05, 0.1) is 37.6 Å². The van der Waals surface area contributed by atoms with E-state index in [0.717, 1.165) is 53.8 Å². The number of hydrogen-bond donors (Lipinski definition) is 2. The fraction of sp³-hybridized carbons (Fsp3) is 0.462.